The number of benzene rings is 1. The molecule has 6 nitrogen and oxygen atoms in total. The number of ether oxygens (including phenoxy) is 1. The van der Waals surface area contributed by atoms with Gasteiger partial charge in [-0.25, -0.2) is 4.39 Å². The van der Waals surface area contributed by atoms with Crippen molar-refractivity contribution in [3.63, 3.8) is 0 Å². The van der Waals surface area contributed by atoms with E-state index in [4.69, 9.17) is 4.74 Å². The SMILES string of the molecule is CC(=O)c1ccc(-c2cc(F)cc3c2OC(CNC(=O)C2CCN(C(C)=O)CC2)C3)s1. The Kier molecular flexibility index (Phi) is 6.09. The van der Waals surface area contributed by atoms with Crippen LogP contribution in [0.25, 0.3) is 10.4 Å². The molecule has 1 unspecified atom stereocenters. The zero-order chi connectivity index (χ0) is 22.1. The Morgan fingerprint density at radius 3 is 2.58 bits per heavy atom. The van der Waals surface area contributed by atoms with E-state index in [2.05, 4.69) is 5.32 Å². The monoisotopic (exact) mass is 444 g/mol. The zero-order valence-electron chi connectivity index (χ0n) is 17.6. The van der Waals surface area contributed by atoms with Gasteiger partial charge in [-0.3, -0.25) is 14.4 Å². The van der Waals surface area contributed by atoms with Crippen LogP contribution in [-0.4, -0.2) is 48.2 Å². The van der Waals surface area contributed by atoms with Crippen molar-refractivity contribution in [3.8, 4) is 16.2 Å². The van der Waals surface area contributed by atoms with Crippen molar-refractivity contribution in [1.29, 1.82) is 0 Å². The minimum atomic E-state index is -0.350. The molecule has 2 aromatic rings. The van der Waals surface area contributed by atoms with E-state index in [9.17, 15) is 18.8 Å². The summed E-state index contributed by atoms with van der Waals surface area (Å²) in [6, 6.07) is 6.45. The summed E-state index contributed by atoms with van der Waals surface area (Å²) in [6.07, 6.45) is 1.55. The molecular weight excluding hydrogens is 419 g/mol. The van der Waals surface area contributed by atoms with Crippen molar-refractivity contribution in [2.45, 2.75) is 39.2 Å². The number of piperidine rings is 1. The Labute approximate surface area is 184 Å². The minimum absolute atomic E-state index is 0.0278. The maximum atomic E-state index is 14.2. The van der Waals surface area contributed by atoms with Gasteiger partial charge >= 0.3 is 0 Å². The van der Waals surface area contributed by atoms with Crippen molar-refractivity contribution >= 4 is 28.9 Å². The molecule has 2 aliphatic heterocycles. The topological polar surface area (TPSA) is 75.7 Å². The minimum Gasteiger partial charge on any atom is -0.487 e. The van der Waals surface area contributed by atoms with Crippen LogP contribution >= 0.6 is 11.3 Å². The normalized spacial score (nSPS) is 18.4. The molecule has 2 aliphatic rings. The number of ketones is 1. The van der Waals surface area contributed by atoms with E-state index in [0.717, 1.165) is 10.4 Å². The van der Waals surface area contributed by atoms with Crippen LogP contribution in [0.5, 0.6) is 5.75 Å². The predicted octanol–water partition coefficient (Wildman–Crippen LogP) is 3.44. The van der Waals surface area contributed by atoms with E-state index in [1.807, 2.05) is 6.07 Å². The molecule has 0 bridgehead atoms. The summed E-state index contributed by atoms with van der Waals surface area (Å²) < 4.78 is 20.3. The van der Waals surface area contributed by atoms with Crippen molar-refractivity contribution in [2.24, 2.45) is 5.92 Å². The number of Topliss-reactive ketones (excluding diaryl/α,β-unsaturated/α-hetero) is 1. The molecule has 2 amide bonds. The van der Waals surface area contributed by atoms with E-state index in [1.165, 1.54) is 30.4 Å². The second kappa shape index (κ2) is 8.78. The summed E-state index contributed by atoms with van der Waals surface area (Å²) in [6.45, 7) is 4.59. The van der Waals surface area contributed by atoms with Crippen LogP contribution in [0.1, 0.15) is 41.9 Å². The molecule has 8 heteroatoms. The maximum absolute atomic E-state index is 14.2. The first-order valence-corrected chi connectivity index (χ1v) is 11.3. The summed E-state index contributed by atoms with van der Waals surface area (Å²) in [5, 5.41) is 2.96. The van der Waals surface area contributed by atoms with Crippen LogP contribution in [0.15, 0.2) is 24.3 Å². The summed E-state index contributed by atoms with van der Waals surface area (Å²) in [7, 11) is 0. The van der Waals surface area contributed by atoms with Gasteiger partial charge in [0.05, 0.1) is 11.4 Å². The lowest BCUT2D eigenvalue weighted by Gasteiger charge is -2.30. The molecule has 164 valence electrons. The fourth-order valence-corrected chi connectivity index (χ4v) is 5.09. The Morgan fingerprint density at radius 1 is 1.19 bits per heavy atom. The van der Waals surface area contributed by atoms with Crippen LogP contribution in [0.2, 0.25) is 0 Å². The molecule has 4 rings (SSSR count). The molecule has 1 saturated heterocycles. The number of carbonyl (C=O) groups excluding carboxylic acids is 3. The largest absolute Gasteiger partial charge is 0.487 e. The van der Waals surface area contributed by atoms with Crippen molar-refractivity contribution < 1.29 is 23.5 Å². The summed E-state index contributed by atoms with van der Waals surface area (Å²) >= 11 is 1.32. The van der Waals surface area contributed by atoms with Gasteiger partial charge in [-0.1, -0.05) is 0 Å². The Morgan fingerprint density at radius 2 is 1.94 bits per heavy atom. The quantitative estimate of drug-likeness (QED) is 0.717. The third-order valence-electron chi connectivity index (χ3n) is 5.90. The summed E-state index contributed by atoms with van der Waals surface area (Å²) in [5.41, 5.74) is 1.40. The number of thiophene rings is 1. The molecule has 1 fully saturated rings. The molecule has 0 saturated carbocycles. The highest BCUT2D eigenvalue weighted by Crippen LogP contribution is 2.42. The number of likely N-dealkylation sites (tertiary alicyclic amines) is 1. The number of nitrogens with zero attached hydrogens (tertiary/aromatic N) is 1. The molecule has 1 aromatic heterocycles. The zero-order valence-corrected chi connectivity index (χ0v) is 18.4. The Balaban J connectivity index is 1.39. The molecule has 3 heterocycles. The number of fused-ring (bicyclic) bond motifs is 1. The van der Waals surface area contributed by atoms with Crippen LogP contribution in [0.4, 0.5) is 4.39 Å². The van der Waals surface area contributed by atoms with E-state index in [1.54, 1.807) is 17.9 Å². The lowest BCUT2D eigenvalue weighted by atomic mass is 9.96. The lowest BCUT2D eigenvalue weighted by molar-refractivity contribution is -0.134. The predicted molar refractivity (Wildman–Crippen MR) is 116 cm³/mol. The summed E-state index contributed by atoms with van der Waals surface area (Å²) in [4.78, 5) is 38.8. The van der Waals surface area contributed by atoms with Gasteiger partial charge in [0.25, 0.3) is 0 Å². The number of nitrogens with one attached hydrogen (secondary N) is 1. The maximum Gasteiger partial charge on any atom is 0.223 e. The Hall–Kier alpha value is -2.74. The van der Waals surface area contributed by atoms with Crippen molar-refractivity contribution in [2.75, 3.05) is 19.6 Å². The molecule has 1 atom stereocenters. The Bertz CT molecular complexity index is 1030. The van der Waals surface area contributed by atoms with Gasteiger partial charge in [0.15, 0.2) is 5.78 Å². The summed E-state index contributed by atoms with van der Waals surface area (Å²) in [5.74, 6) is 0.145. The first-order valence-electron chi connectivity index (χ1n) is 10.4. The second-order valence-corrected chi connectivity index (χ2v) is 9.21. The highest BCUT2D eigenvalue weighted by atomic mass is 32.1. The molecule has 0 radical (unpaired) electrons. The van der Waals surface area contributed by atoms with Gasteiger partial charge in [-0.2, -0.15) is 0 Å². The fraction of sp³-hybridized carbons (Fsp3) is 0.435. The van der Waals surface area contributed by atoms with Crippen molar-refractivity contribution in [1.82, 2.24) is 10.2 Å². The highest BCUT2D eigenvalue weighted by Gasteiger charge is 2.30. The van der Waals surface area contributed by atoms with E-state index < -0.39 is 0 Å². The van der Waals surface area contributed by atoms with Crippen LogP contribution in [0, 0.1) is 11.7 Å². The third-order valence-corrected chi connectivity index (χ3v) is 7.12. The first-order chi connectivity index (χ1) is 14.8. The van der Waals surface area contributed by atoms with Gasteiger partial charge in [0.1, 0.15) is 17.7 Å². The van der Waals surface area contributed by atoms with Gasteiger partial charge in [-0.15, -0.1) is 11.3 Å². The average Bonchev–Trinajstić information content (AvgIpc) is 3.38. The van der Waals surface area contributed by atoms with E-state index in [0.29, 0.717) is 55.1 Å². The fourth-order valence-electron chi connectivity index (χ4n) is 4.18. The van der Waals surface area contributed by atoms with Gasteiger partial charge < -0.3 is 15.0 Å². The molecule has 1 aromatic carbocycles. The molecular formula is C23H25FN2O4S. The lowest BCUT2D eigenvalue weighted by Crippen LogP contribution is -2.44. The standard InChI is InChI=1S/C23H25FN2O4S/c1-13(27)20-3-4-21(31-20)19-11-17(24)9-16-10-18(30-22(16)19)12-25-23(29)15-5-7-26(8-6-15)14(2)28/h3-4,9,11,15,18H,5-8,10,12H2,1-2H3,(H,25,29). The van der Waals surface area contributed by atoms with Gasteiger partial charge in [0, 0.05) is 48.4 Å². The smallest absolute Gasteiger partial charge is 0.223 e. The molecule has 0 spiro atoms. The van der Waals surface area contributed by atoms with Crippen LogP contribution in [0.3, 0.4) is 0 Å². The van der Waals surface area contributed by atoms with E-state index >= 15 is 0 Å². The number of carbonyl (C=O) groups is 3. The number of amides is 2. The highest BCUT2D eigenvalue weighted by molar-refractivity contribution is 7.17. The van der Waals surface area contributed by atoms with Gasteiger partial charge in [-0.05, 0) is 44.0 Å². The molecule has 31 heavy (non-hydrogen) atoms. The first kappa shape index (κ1) is 21.5. The number of rotatable bonds is 5. The average molecular weight is 445 g/mol. The van der Waals surface area contributed by atoms with E-state index in [-0.39, 0.29) is 35.4 Å². The second-order valence-electron chi connectivity index (χ2n) is 8.13. The van der Waals surface area contributed by atoms with Gasteiger partial charge in [0.2, 0.25) is 11.8 Å². The number of halogens is 1. The molecule has 1 N–H and O–H groups in total. The third kappa shape index (κ3) is 4.63. The van der Waals surface area contributed by atoms with Crippen LogP contribution < -0.4 is 10.1 Å². The van der Waals surface area contributed by atoms with Crippen LogP contribution in [-0.2, 0) is 16.0 Å². The number of hydrogen-bond donors (Lipinski definition) is 1. The van der Waals surface area contributed by atoms with Crippen molar-refractivity contribution in [3.05, 3.63) is 40.5 Å². The molecule has 0 aliphatic carbocycles. The number of hydrogen-bond acceptors (Lipinski definition) is 5.